The fourth-order valence-electron chi connectivity index (χ4n) is 3.41. The highest BCUT2D eigenvalue weighted by atomic mass is 15.2. The van der Waals surface area contributed by atoms with Crippen molar-refractivity contribution in [3.8, 4) is 0 Å². The van der Waals surface area contributed by atoms with Gasteiger partial charge in [0.2, 0.25) is 0 Å². The van der Waals surface area contributed by atoms with Crippen molar-refractivity contribution in [2.24, 2.45) is 11.8 Å². The molecule has 0 spiro atoms. The molecule has 118 valence electrons. The molecule has 1 N–H and O–H groups in total. The van der Waals surface area contributed by atoms with E-state index < -0.39 is 0 Å². The van der Waals surface area contributed by atoms with Crippen molar-refractivity contribution in [2.75, 3.05) is 18.5 Å². The van der Waals surface area contributed by atoms with E-state index in [4.69, 9.17) is 0 Å². The Morgan fingerprint density at radius 2 is 2.10 bits per heavy atom. The standard InChI is InChI=1S/C18H31N3/c1-14(2)12-19-13-16-9-7-11-20-18(16)21(4)17-10-6-5-8-15(17)3/h7,9,11,14-15,17,19H,5-6,8,10,12-13H2,1-4H3. The predicted molar refractivity (Wildman–Crippen MR) is 90.6 cm³/mol. The first-order chi connectivity index (χ1) is 10.1. The second kappa shape index (κ2) is 7.79. The quantitative estimate of drug-likeness (QED) is 0.862. The average molecular weight is 289 g/mol. The maximum Gasteiger partial charge on any atom is 0.133 e. The predicted octanol–water partition coefficient (Wildman–Crippen LogP) is 3.84. The van der Waals surface area contributed by atoms with Gasteiger partial charge in [0.25, 0.3) is 0 Å². The monoisotopic (exact) mass is 289 g/mol. The zero-order valence-electron chi connectivity index (χ0n) is 14.1. The number of rotatable bonds is 6. The molecule has 3 heteroatoms. The lowest BCUT2D eigenvalue weighted by molar-refractivity contribution is 0.320. The fourth-order valence-corrected chi connectivity index (χ4v) is 3.41. The van der Waals surface area contributed by atoms with Crippen molar-refractivity contribution in [1.29, 1.82) is 0 Å². The van der Waals surface area contributed by atoms with Gasteiger partial charge in [-0.05, 0) is 37.3 Å². The first-order valence-electron chi connectivity index (χ1n) is 8.47. The Bertz CT molecular complexity index is 430. The molecule has 21 heavy (non-hydrogen) atoms. The van der Waals surface area contributed by atoms with Crippen LogP contribution in [-0.4, -0.2) is 24.6 Å². The minimum absolute atomic E-state index is 0.637. The van der Waals surface area contributed by atoms with Gasteiger partial charge in [-0.15, -0.1) is 0 Å². The molecule has 0 radical (unpaired) electrons. The van der Waals surface area contributed by atoms with Crippen LogP contribution < -0.4 is 10.2 Å². The summed E-state index contributed by atoms with van der Waals surface area (Å²) in [6.07, 6.45) is 7.31. The summed E-state index contributed by atoms with van der Waals surface area (Å²) < 4.78 is 0. The van der Waals surface area contributed by atoms with Gasteiger partial charge >= 0.3 is 0 Å². The first-order valence-corrected chi connectivity index (χ1v) is 8.47. The van der Waals surface area contributed by atoms with Gasteiger partial charge in [0.15, 0.2) is 0 Å². The SMILES string of the molecule is CC(C)CNCc1cccnc1N(C)C1CCCCC1C. The molecular weight excluding hydrogens is 258 g/mol. The van der Waals surface area contributed by atoms with Crippen LogP contribution in [0.2, 0.25) is 0 Å². The highest BCUT2D eigenvalue weighted by Gasteiger charge is 2.26. The Morgan fingerprint density at radius 3 is 2.81 bits per heavy atom. The lowest BCUT2D eigenvalue weighted by Crippen LogP contribution is -2.40. The second-order valence-corrected chi connectivity index (χ2v) is 6.95. The third kappa shape index (κ3) is 4.44. The maximum absolute atomic E-state index is 4.67. The topological polar surface area (TPSA) is 28.2 Å². The normalized spacial score (nSPS) is 22.5. The van der Waals surface area contributed by atoms with Gasteiger partial charge in [-0.3, -0.25) is 0 Å². The molecule has 0 saturated heterocycles. The van der Waals surface area contributed by atoms with Crippen molar-refractivity contribution in [1.82, 2.24) is 10.3 Å². The summed E-state index contributed by atoms with van der Waals surface area (Å²) in [6, 6.07) is 4.89. The molecule has 0 aliphatic heterocycles. The van der Waals surface area contributed by atoms with Crippen LogP contribution in [0.5, 0.6) is 0 Å². The summed E-state index contributed by atoms with van der Waals surface area (Å²) in [6.45, 7) is 8.84. The van der Waals surface area contributed by atoms with Gasteiger partial charge in [0, 0.05) is 31.4 Å². The fraction of sp³-hybridized carbons (Fsp3) is 0.722. The summed E-state index contributed by atoms with van der Waals surface area (Å²) in [5.41, 5.74) is 1.32. The zero-order chi connectivity index (χ0) is 15.2. The van der Waals surface area contributed by atoms with Crippen molar-refractivity contribution < 1.29 is 0 Å². The Kier molecular flexibility index (Phi) is 6.04. The summed E-state index contributed by atoms with van der Waals surface area (Å²) in [4.78, 5) is 7.10. The number of nitrogens with zero attached hydrogens (tertiary/aromatic N) is 2. The average Bonchev–Trinajstić information content (AvgIpc) is 2.47. The van der Waals surface area contributed by atoms with Crippen molar-refractivity contribution >= 4 is 5.82 Å². The number of pyridine rings is 1. The van der Waals surface area contributed by atoms with E-state index in [-0.39, 0.29) is 0 Å². The van der Waals surface area contributed by atoms with Gasteiger partial charge in [-0.2, -0.15) is 0 Å². The molecule has 1 fully saturated rings. The molecule has 1 aromatic rings. The Labute approximate surface area is 130 Å². The van der Waals surface area contributed by atoms with E-state index in [0.29, 0.717) is 12.0 Å². The number of hydrogen-bond acceptors (Lipinski definition) is 3. The summed E-state index contributed by atoms with van der Waals surface area (Å²) in [7, 11) is 2.22. The van der Waals surface area contributed by atoms with Crippen LogP contribution in [0.3, 0.4) is 0 Å². The van der Waals surface area contributed by atoms with E-state index in [0.717, 1.165) is 24.8 Å². The molecule has 3 nitrogen and oxygen atoms in total. The molecule has 0 amide bonds. The van der Waals surface area contributed by atoms with Gasteiger partial charge in [-0.1, -0.05) is 39.7 Å². The van der Waals surface area contributed by atoms with Crippen molar-refractivity contribution in [3.05, 3.63) is 23.9 Å². The highest BCUT2D eigenvalue weighted by Crippen LogP contribution is 2.30. The lowest BCUT2D eigenvalue weighted by Gasteiger charge is -2.37. The maximum atomic E-state index is 4.67. The molecule has 2 atom stereocenters. The summed E-state index contributed by atoms with van der Waals surface area (Å²) in [5.74, 6) is 2.61. The highest BCUT2D eigenvalue weighted by molar-refractivity contribution is 5.47. The number of hydrogen-bond donors (Lipinski definition) is 1. The number of aromatic nitrogens is 1. The van der Waals surface area contributed by atoms with Gasteiger partial charge in [0.1, 0.15) is 5.82 Å². The van der Waals surface area contributed by atoms with Crippen LogP contribution in [0, 0.1) is 11.8 Å². The zero-order valence-corrected chi connectivity index (χ0v) is 14.1. The third-order valence-electron chi connectivity index (χ3n) is 4.63. The molecule has 1 aliphatic rings. The van der Waals surface area contributed by atoms with Crippen LogP contribution in [0.25, 0.3) is 0 Å². The molecule has 0 aromatic carbocycles. The molecule has 1 saturated carbocycles. The molecular formula is C18H31N3. The van der Waals surface area contributed by atoms with E-state index in [1.165, 1.54) is 31.2 Å². The Balaban J connectivity index is 2.07. The van der Waals surface area contributed by atoms with Crippen molar-refractivity contribution in [2.45, 2.75) is 59.0 Å². The van der Waals surface area contributed by atoms with Crippen molar-refractivity contribution in [3.63, 3.8) is 0 Å². The minimum Gasteiger partial charge on any atom is -0.356 e. The van der Waals surface area contributed by atoms with E-state index in [1.807, 2.05) is 12.3 Å². The third-order valence-corrected chi connectivity index (χ3v) is 4.63. The van der Waals surface area contributed by atoms with Crippen LogP contribution in [0.15, 0.2) is 18.3 Å². The van der Waals surface area contributed by atoms with E-state index in [1.54, 1.807) is 0 Å². The Hall–Kier alpha value is -1.09. The molecule has 2 rings (SSSR count). The summed E-state index contributed by atoms with van der Waals surface area (Å²) in [5, 5.41) is 3.54. The largest absolute Gasteiger partial charge is 0.356 e. The number of anilines is 1. The van der Waals surface area contributed by atoms with Gasteiger partial charge in [-0.25, -0.2) is 4.98 Å². The van der Waals surface area contributed by atoms with E-state index >= 15 is 0 Å². The smallest absolute Gasteiger partial charge is 0.133 e. The molecule has 1 heterocycles. The molecule has 1 aromatic heterocycles. The van der Waals surface area contributed by atoms with Crippen LogP contribution in [0.1, 0.15) is 52.0 Å². The lowest BCUT2D eigenvalue weighted by atomic mass is 9.85. The first kappa shape index (κ1) is 16.3. The van der Waals surface area contributed by atoms with Crippen LogP contribution in [0.4, 0.5) is 5.82 Å². The van der Waals surface area contributed by atoms with Gasteiger partial charge < -0.3 is 10.2 Å². The van der Waals surface area contributed by atoms with Crippen LogP contribution in [-0.2, 0) is 6.54 Å². The van der Waals surface area contributed by atoms with Gasteiger partial charge in [0.05, 0.1) is 0 Å². The Morgan fingerprint density at radius 1 is 1.33 bits per heavy atom. The number of nitrogens with one attached hydrogen (secondary N) is 1. The summed E-state index contributed by atoms with van der Waals surface area (Å²) >= 11 is 0. The van der Waals surface area contributed by atoms with E-state index in [9.17, 15) is 0 Å². The second-order valence-electron chi connectivity index (χ2n) is 6.95. The molecule has 2 unspecified atom stereocenters. The van der Waals surface area contributed by atoms with Crippen LogP contribution >= 0.6 is 0 Å². The van der Waals surface area contributed by atoms with E-state index in [2.05, 4.69) is 49.1 Å². The molecule has 0 bridgehead atoms. The minimum atomic E-state index is 0.637. The molecule has 1 aliphatic carbocycles.